The number of methoxy groups -OCH3 is 1. The molecule has 2 heterocycles. The molecule has 2 aromatic rings. The lowest BCUT2D eigenvalue weighted by atomic mass is 10.1. The number of fused-ring (bicyclic) bond motifs is 1. The van der Waals surface area contributed by atoms with Gasteiger partial charge in [0.05, 0.1) is 19.2 Å². The molecule has 0 saturated carbocycles. The minimum atomic E-state index is -1.29. The third-order valence-corrected chi connectivity index (χ3v) is 4.31. The van der Waals surface area contributed by atoms with Crippen LogP contribution in [0.15, 0.2) is 30.8 Å². The predicted molar refractivity (Wildman–Crippen MR) is 93.6 cm³/mol. The van der Waals surface area contributed by atoms with Gasteiger partial charge in [-0.3, -0.25) is 4.90 Å². The summed E-state index contributed by atoms with van der Waals surface area (Å²) in [5.41, 5.74) is 1.29. The topological polar surface area (TPSA) is 109 Å². The first-order valence-electron chi connectivity index (χ1n) is 7.93. The average Bonchev–Trinajstić information content (AvgIpc) is 3.05. The predicted octanol–water partition coefficient (Wildman–Crippen LogP) is 2.47. The van der Waals surface area contributed by atoms with Crippen LogP contribution in [0.25, 0.3) is 17.0 Å². The molecule has 1 aromatic carbocycles. The van der Waals surface area contributed by atoms with Crippen molar-refractivity contribution in [2.45, 2.75) is 18.6 Å². The monoisotopic (exact) mass is 358 g/mol. The number of carbonyl (C=O) groups is 2. The quantitative estimate of drug-likeness (QED) is 0.845. The van der Waals surface area contributed by atoms with Gasteiger partial charge in [-0.2, -0.15) is 0 Å². The van der Waals surface area contributed by atoms with E-state index in [2.05, 4.69) is 11.6 Å². The van der Waals surface area contributed by atoms with E-state index in [1.807, 2.05) is 18.2 Å². The summed E-state index contributed by atoms with van der Waals surface area (Å²) in [6.45, 7) is 3.71. The molecule has 1 aliphatic rings. The Morgan fingerprint density at radius 2 is 2.12 bits per heavy atom. The summed E-state index contributed by atoms with van der Waals surface area (Å²) in [5, 5.41) is 19.3. The van der Waals surface area contributed by atoms with E-state index >= 15 is 0 Å². The maximum Gasteiger partial charge on any atom is 0.408 e. The first-order chi connectivity index (χ1) is 12.4. The largest absolute Gasteiger partial charge is 0.497 e. The number of benzene rings is 1. The summed E-state index contributed by atoms with van der Waals surface area (Å²) < 4.78 is 11.0. The Hall–Kier alpha value is -3.29. The fourth-order valence-electron chi connectivity index (χ4n) is 3.00. The van der Waals surface area contributed by atoms with Crippen molar-refractivity contribution >= 4 is 29.0 Å². The number of aliphatic carboxylic acids is 1. The van der Waals surface area contributed by atoms with Crippen LogP contribution in [0, 0.1) is 0 Å². The Bertz CT molecular complexity index is 859. The standard InChI is InChI=1S/C18H18N2O6/c1-3-10-6-11-4-5-12(25-2)7-14(11)19-16(10)26-13-8-15(17(21)22)20(9-13)18(23)24/h3-7,13,15H,1,8-9H2,2H3,(H,21,22)(H,23,24)/t13-,15+/m1/s1. The van der Waals surface area contributed by atoms with Crippen LogP contribution < -0.4 is 9.47 Å². The van der Waals surface area contributed by atoms with E-state index in [9.17, 15) is 19.8 Å². The lowest BCUT2D eigenvalue weighted by Gasteiger charge is -2.17. The molecule has 8 nitrogen and oxygen atoms in total. The van der Waals surface area contributed by atoms with Gasteiger partial charge in [0.25, 0.3) is 0 Å². The van der Waals surface area contributed by atoms with Crippen LogP contribution in [0.1, 0.15) is 12.0 Å². The minimum Gasteiger partial charge on any atom is -0.497 e. The van der Waals surface area contributed by atoms with E-state index in [1.54, 1.807) is 19.3 Å². The molecule has 136 valence electrons. The highest BCUT2D eigenvalue weighted by Gasteiger charge is 2.41. The van der Waals surface area contributed by atoms with E-state index in [0.29, 0.717) is 16.8 Å². The molecule has 1 amide bonds. The summed E-state index contributed by atoms with van der Waals surface area (Å²) in [5.74, 6) is -0.271. The van der Waals surface area contributed by atoms with Gasteiger partial charge in [-0.25, -0.2) is 14.6 Å². The number of aromatic nitrogens is 1. The highest BCUT2D eigenvalue weighted by Crippen LogP contribution is 2.29. The molecule has 1 aromatic heterocycles. The van der Waals surface area contributed by atoms with Gasteiger partial charge in [0.1, 0.15) is 17.9 Å². The van der Waals surface area contributed by atoms with Crippen LogP contribution in [0.4, 0.5) is 4.79 Å². The number of hydrogen-bond acceptors (Lipinski definition) is 5. The average molecular weight is 358 g/mol. The fourth-order valence-corrected chi connectivity index (χ4v) is 3.00. The molecule has 0 bridgehead atoms. The van der Waals surface area contributed by atoms with Gasteiger partial charge in [-0.1, -0.05) is 12.7 Å². The van der Waals surface area contributed by atoms with Gasteiger partial charge in [0, 0.05) is 23.4 Å². The number of ether oxygens (including phenoxy) is 2. The van der Waals surface area contributed by atoms with Crippen LogP contribution in [0.2, 0.25) is 0 Å². The van der Waals surface area contributed by atoms with E-state index in [4.69, 9.17) is 9.47 Å². The first-order valence-corrected chi connectivity index (χ1v) is 7.93. The number of nitrogens with zero attached hydrogens (tertiary/aromatic N) is 2. The summed E-state index contributed by atoms with van der Waals surface area (Å²) >= 11 is 0. The van der Waals surface area contributed by atoms with Crippen LogP contribution in [0.5, 0.6) is 11.6 Å². The first kappa shape index (κ1) is 17.5. The molecule has 2 atom stereocenters. The van der Waals surface area contributed by atoms with Gasteiger partial charge in [-0.15, -0.1) is 0 Å². The molecule has 1 fully saturated rings. The molecule has 0 spiro atoms. The highest BCUT2D eigenvalue weighted by molar-refractivity contribution is 5.83. The van der Waals surface area contributed by atoms with Crippen molar-refractivity contribution in [3.8, 4) is 11.6 Å². The number of carboxylic acids is 1. The van der Waals surface area contributed by atoms with Crippen LogP contribution in [0.3, 0.4) is 0 Å². The smallest absolute Gasteiger partial charge is 0.408 e. The second kappa shape index (κ2) is 6.91. The lowest BCUT2D eigenvalue weighted by Crippen LogP contribution is -2.39. The number of pyridine rings is 1. The van der Waals surface area contributed by atoms with Crippen LogP contribution in [-0.4, -0.2) is 58.0 Å². The zero-order valence-corrected chi connectivity index (χ0v) is 14.1. The van der Waals surface area contributed by atoms with Crippen molar-refractivity contribution in [2.75, 3.05) is 13.7 Å². The van der Waals surface area contributed by atoms with Gasteiger partial charge in [0.15, 0.2) is 0 Å². The summed E-state index contributed by atoms with van der Waals surface area (Å²) in [7, 11) is 1.56. The van der Waals surface area contributed by atoms with E-state index in [0.717, 1.165) is 10.3 Å². The van der Waals surface area contributed by atoms with Gasteiger partial charge in [0.2, 0.25) is 5.88 Å². The normalized spacial score (nSPS) is 19.3. The SMILES string of the molecule is C=Cc1cc2ccc(OC)cc2nc1O[C@@H]1C[C@@H](C(=O)O)N(C(=O)O)C1. The third kappa shape index (κ3) is 3.26. The molecule has 0 unspecified atom stereocenters. The third-order valence-electron chi connectivity index (χ3n) is 4.31. The minimum absolute atomic E-state index is 0.0410. The Balaban J connectivity index is 1.91. The number of amides is 1. The maximum atomic E-state index is 11.3. The Labute approximate surface area is 149 Å². The van der Waals surface area contributed by atoms with Crippen molar-refractivity contribution in [2.24, 2.45) is 0 Å². The molecule has 1 aliphatic heterocycles. The number of likely N-dealkylation sites (tertiary alicyclic amines) is 1. The Morgan fingerprint density at radius 1 is 1.35 bits per heavy atom. The van der Waals surface area contributed by atoms with Gasteiger partial charge < -0.3 is 19.7 Å². The second-order valence-electron chi connectivity index (χ2n) is 5.91. The van der Waals surface area contributed by atoms with Gasteiger partial charge in [-0.05, 0) is 18.2 Å². The number of rotatable bonds is 5. The highest BCUT2D eigenvalue weighted by atomic mass is 16.5. The molecule has 3 rings (SSSR count). The summed E-state index contributed by atoms with van der Waals surface area (Å²) in [6, 6.07) is 6.15. The Kier molecular flexibility index (Phi) is 4.66. The molecule has 1 saturated heterocycles. The van der Waals surface area contributed by atoms with Crippen molar-refractivity contribution in [1.29, 1.82) is 0 Å². The second-order valence-corrected chi connectivity index (χ2v) is 5.91. The number of hydrogen-bond donors (Lipinski definition) is 2. The molecule has 0 aliphatic carbocycles. The molecule has 0 radical (unpaired) electrons. The van der Waals surface area contributed by atoms with Crippen molar-refractivity contribution < 1.29 is 29.3 Å². The molecule has 2 N–H and O–H groups in total. The van der Waals surface area contributed by atoms with Crippen molar-refractivity contribution in [1.82, 2.24) is 9.88 Å². The van der Waals surface area contributed by atoms with Gasteiger partial charge >= 0.3 is 12.1 Å². The summed E-state index contributed by atoms with van der Waals surface area (Å²) in [6.07, 6.45) is -0.259. The van der Waals surface area contributed by atoms with Crippen LogP contribution in [-0.2, 0) is 4.79 Å². The van der Waals surface area contributed by atoms with Crippen molar-refractivity contribution in [3.05, 3.63) is 36.4 Å². The molecular formula is C18H18N2O6. The maximum absolute atomic E-state index is 11.3. The van der Waals surface area contributed by atoms with E-state index in [-0.39, 0.29) is 18.8 Å². The molecule has 26 heavy (non-hydrogen) atoms. The number of carboxylic acid groups (broad SMARTS) is 2. The molecule has 8 heteroatoms. The Morgan fingerprint density at radius 3 is 2.69 bits per heavy atom. The van der Waals surface area contributed by atoms with E-state index in [1.165, 1.54) is 0 Å². The van der Waals surface area contributed by atoms with E-state index < -0.39 is 24.2 Å². The zero-order chi connectivity index (χ0) is 18.8. The van der Waals surface area contributed by atoms with Crippen molar-refractivity contribution in [3.63, 3.8) is 0 Å². The molecular weight excluding hydrogens is 340 g/mol. The fraction of sp³-hybridized carbons (Fsp3) is 0.278. The zero-order valence-electron chi connectivity index (χ0n) is 14.1. The lowest BCUT2D eigenvalue weighted by molar-refractivity contribution is -0.141. The summed E-state index contributed by atoms with van der Waals surface area (Å²) in [4.78, 5) is 27.9. The van der Waals surface area contributed by atoms with Crippen LogP contribution >= 0.6 is 0 Å².